The summed E-state index contributed by atoms with van der Waals surface area (Å²) in [6.07, 6.45) is 0.127. The molecule has 0 bridgehead atoms. The van der Waals surface area contributed by atoms with E-state index in [-0.39, 0.29) is 6.10 Å². The number of nitrogens with one attached hydrogen (secondary N) is 1. The maximum atomic E-state index is 5.88. The highest BCUT2D eigenvalue weighted by Crippen LogP contribution is 2.15. The van der Waals surface area contributed by atoms with Gasteiger partial charge in [0.1, 0.15) is 11.9 Å². The third kappa shape index (κ3) is 4.32. The van der Waals surface area contributed by atoms with Crippen molar-refractivity contribution < 1.29 is 4.74 Å². The quantitative estimate of drug-likeness (QED) is 0.865. The van der Waals surface area contributed by atoms with E-state index in [0.29, 0.717) is 0 Å². The predicted molar refractivity (Wildman–Crippen MR) is 80.9 cm³/mol. The van der Waals surface area contributed by atoms with E-state index in [1.807, 2.05) is 12.1 Å². The summed E-state index contributed by atoms with van der Waals surface area (Å²) in [5.74, 6) is 0.929. The van der Waals surface area contributed by atoms with E-state index in [0.717, 1.165) is 18.0 Å². The van der Waals surface area contributed by atoms with Gasteiger partial charge in [-0.1, -0.05) is 24.3 Å². The maximum absolute atomic E-state index is 5.88. The summed E-state index contributed by atoms with van der Waals surface area (Å²) in [5, 5.41) is 3.40. The van der Waals surface area contributed by atoms with Crippen molar-refractivity contribution in [2.45, 2.75) is 26.9 Å². The minimum atomic E-state index is 0.127. The molecule has 19 heavy (non-hydrogen) atoms. The molecule has 0 spiro atoms. The molecule has 0 aromatic heterocycles. The lowest BCUT2D eigenvalue weighted by Gasteiger charge is -2.16. The second-order valence-electron chi connectivity index (χ2n) is 5.00. The molecule has 0 saturated heterocycles. The Morgan fingerprint density at radius 1 is 1.00 bits per heavy atom. The van der Waals surface area contributed by atoms with Crippen molar-refractivity contribution in [3.63, 3.8) is 0 Å². The molecule has 0 amide bonds. The Labute approximate surface area is 115 Å². The van der Waals surface area contributed by atoms with Crippen LogP contribution >= 0.6 is 0 Å². The summed E-state index contributed by atoms with van der Waals surface area (Å²) < 4.78 is 5.88. The zero-order valence-corrected chi connectivity index (χ0v) is 11.8. The van der Waals surface area contributed by atoms with Crippen LogP contribution in [0.3, 0.4) is 0 Å². The zero-order chi connectivity index (χ0) is 13.7. The first-order chi connectivity index (χ1) is 9.13. The number of aryl methyl sites for hydroxylation is 2. The fraction of sp³-hybridized carbons (Fsp3) is 0.294. The van der Waals surface area contributed by atoms with Gasteiger partial charge in [0.15, 0.2) is 0 Å². The molecule has 0 saturated carbocycles. The Hall–Kier alpha value is -1.96. The summed E-state index contributed by atoms with van der Waals surface area (Å²) in [6, 6.07) is 16.5. The van der Waals surface area contributed by atoms with Gasteiger partial charge in [0, 0.05) is 5.69 Å². The van der Waals surface area contributed by atoms with Crippen molar-refractivity contribution in [1.29, 1.82) is 0 Å². The van der Waals surface area contributed by atoms with E-state index in [9.17, 15) is 0 Å². The van der Waals surface area contributed by atoms with Crippen molar-refractivity contribution in [2.24, 2.45) is 0 Å². The molecular weight excluding hydrogens is 234 g/mol. The molecule has 0 fully saturated rings. The minimum Gasteiger partial charge on any atom is -0.489 e. The van der Waals surface area contributed by atoms with Crippen molar-refractivity contribution in [1.82, 2.24) is 0 Å². The fourth-order valence-electron chi connectivity index (χ4n) is 1.98. The fourth-order valence-corrected chi connectivity index (χ4v) is 1.98. The number of hydrogen-bond acceptors (Lipinski definition) is 2. The van der Waals surface area contributed by atoms with E-state index >= 15 is 0 Å². The molecule has 1 unspecified atom stereocenters. The molecule has 0 heterocycles. The third-order valence-electron chi connectivity index (χ3n) is 2.94. The van der Waals surface area contributed by atoms with Crippen LogP contribution in [0.2, 0.25) is 0 Å². The monoisotopic (exact) mass is 255 g/mol. The van der Waals surface area contributed by atoms with E-state index in [1.54, 1.807) is 0 Å². The SMILES string of the molecule is Cc1cccc(NCC(C)Oc2cccc(C)c2)c1. The Balaban J connectivity index is 1.86. The molecule has 0 aliphatic carbocycles. The number of hydrogen-bond donors (Lipinski definition) is 1. The number of ether oxygens (including phenoxy) is 1. The van der Waals surface area contributed by atoms with E-state index in [2.05, 4.69) is 62.5 Å². The molecule has 1 atom stereocenters. The molecule has 2 aromatic rings. The molecule has 0 radical (unpaired) electrons. The number of benzene rings is 2. The van der Waals surface area contributed by atoms with Crippen LogP contribution in [0.25, 0.3) is 0 Å². The highest BCUT2D eigenvalue weighted by Gasteiger charge is 2.04. The van der Waals surface area contributed by atoms with Gasteiger partial charge in [-0.3, -0.25) is 0 Å². The van der Waals surface area contributed by atoms with Gasteiger partial charge in [-0.15, -0.1) is 0 Å². The van der Waals surface area contributed by atoms with Crippen LogP contribution in [0.1, 0.15) is 18.1 Å². The van der Waals surface area contributed by atoms with Crippen LogP contribution in [0, 0.1) is 13.8 Å². The van der Waals surface area contributed by atoms with Crippen molar-refractivity contribution in [3.05, 3.63) is 59.7 Å². The van der Waals surface area contributed by atoms with Crippen molar-refractivity contribution >= 4 is 5.69 Å². The first-order valence-electron chi connectivity index (χ1n) is 6.67. The molecule has 1 N–H and O–H groups in total. The summed E-state index contributed by atoms with van der Waals surface area (Å²) in [5.41, 5.74) is 3.62. The molecule has 0 aliphatic heterocycles. The van der Waals surface area contributed by atoms with E-state index < -0.39 is 0 Å². The Kier molecular flexibility index (Phi) is 4.45. The summed E-state index contributed by atoms with van der Waals surface area (Å²) in [7, 11) is 0. The summed E-state index contributed by atoms with van der Waals surface area (Å²) in [4.78, 5) is 0. The minimum absolute atomic E-state index is 0.127. The first kappa shape index (κ1) is 13.5. The van der Waals surface area contributed by atoms with Gasteiger partial charge in [0.05, 0.1) is 6.54 Å². The smallest absolute Gasteiger partial charge is 0.120 e. The highest BCUT2D eigenvalue weighted by atomic mass is 16.5. The topological polar surface area (TPSA) is 21.3 Å². The van der Waals surface area contributed by atoms with Crippen LogP contribution in [0.4, 0.5) is 5.69 Å². The molecule has 2 aromatic carbocycles. The van der Waals surface area contributed by atoms with Crippen LogP contribution in [0.15, 0.2) is 48.5 Å². The van der Waals surface area contributed by atoms with Gasteiger partial charge in [0.2, 0.25) is 0 Å². The lowest BCUT2D eigenvalue weighted by Crippen LogP contribution is -2.22. The van der Waals surface area contributed by atoms with Gasteiger partial charge in [-0.2, -0.15) is 0 Å². The van der Waals surface area contributed by atoms with Gasteiger partial charge < -0.3 is 10.1 Å². The number of anilines is 1. The predicted octanol–water partition coefficient (Wildman–Crippen LogP) is 4.18. The van der Waals surface area contributed by atoms with Crippen molar-refractivity contribution in [3.8, 4) is 5.75 Å². The average Bonchev–Trinajstić information content (AvgIpc) is 2.36. The Bertz CT molecular complexity index is 536. The molecule has 100 valence electrons. The standard InChI is InChI=1S/C17H21NO/c1-13-6-4-8-16(10-13)18-12-15(3)19-17-9-5-7-14(2)11-17/h4-11,15,18H,12H2,1-3H3. The van der Waals surface area contributed by atoms with Gasteiger partial charge in [-0.25, -0.2) is 0 Å². The second kappa shape index (κ2) is 6.28. The van der Waals surface area contributed by atoms with Crippen molar-refractivity contribution in [2.75, 3.05) is 11.9 Å². The molecule has 2 rings (SSSR count). The lowest BCUT2D eigenvalue weighted by atomic mass is 10.2. The highest BCUT2D eigenvalue weighted by molar-refractivity contribution is 5.45. The Morgan fingerprint density at radius 2 is 1.68 bits per heavy atom. The van der Waals surface area contributed by atoms with Gasteiger partial charge >= 0.3 is 0 Å². The Morgan fingerprint density at radius 3 is 2.37 bits per heavy atom. The first-order valence-corrected chi connectivity index (χ1v) is 6.67. The average molecular weight is 255 g/mol. The number of rotatable bonds is 5. The summed E-state index contributed by atoms with van der Waals surface area (Å²) >= 11 is 0. The molecular formula is C17H21NO. The van der Waals surface area contributed by atoms with Crippen LogP contribution in [0.5, 0.6) is 5.75 Å². The van der Waals surface area contributed by atoms with Crippen LogP contribution < -0.4 is 10.1 Å². The lowest BCUT2D eigenvalue weighted by molar-refractivity contribution is 0.234. The maximum Gasteiger partial charge on any atom is 0.120 e. The summed E-state index contributed by atoms with van der Waals surface area (Å²) in [6.45, 7) is 7.03. The van der Waals surface area contributed by atoms with E-state index in [1.165, 1.54) is 11.1 Å². The second-order valence-corrected chi connectivity index (χ2v) is 5.00. The molecule has 2 heteroatoms. The van der Waals surface area contributed by atoms with Gasteiger partial charge in [0.25, 0.3) is 0 Å². The van der Waals surface area contributed by atoms with E-state index in [4.69, 9.17) is 4.74 Å². The zero-order valence-electron chi connectivity index (χ0n) is 11.8. The van der Waals surface area contributed by atoms with Crippen LogP contribution in [-0.4, -0.2) is 12.6 Å². The molecule has 0 aliphatic rings. The normalized spacial score (nSPS) is 11.9. The van der Waals surface area contributed by atoms with Crippen LogP contribution in [-0.2, 0) is 0 Å². The largest absolute Gasteiger partial charge is 0.489 e. The van der Waals surface area contributed by atoms with Gasteiger partial charge in [-0.05, 0) is 56.2 Å². The molecule has 2 nitrogen and oxygen atoms in total. The third-order valence-corrected chi connectivity index (χ3v) is 2.94.